The Morgan fingerprint density at radius 3 is 2.65 bits per heavy atom. The molecule has 3 heterocycles. The molecule has 0 aliphatic carbocycles. The minimum absolute atomic E-state index is 0.0346. The Morgan fingerprint density at radius 1 is 1.39 bits per heavy atom. The Bertz CT molecular complexity index is 699. The summed E-state index contributed by atoms with van der Waals surface area (Å²) in [5.41, 5.74) is 2.20. The molecule has 0 saturated carbocycles. The number of amides is 1. The van der Waals surface area contributed by atoms with Crippen molar-refractivity contribution in [3.63, 3.8) is 0 Å². The normalized spacial score (nSPS) is 17.0. The summed E-state index contributed by atoms with van der Waals surface area (Å²) >= 11 is 0. The second-order valence-electron chi connectivity index (χ2n) is 6.22. The number of hydrogen-bond acceptors (Lipinski definition) is 5. The van der Waals surface area contributed by atoms with Gasteiger partial charge in [-0.3, -0.25) is 14.4 Å². The molecule has 1 N–H and O–H groups in total. The summed E-state index contributed by atoms with van der Waals surface area (Å²) in [4.78, 5) is 14.6. The molecule has 1 saturated heterocycles. The lowest BCUT2D eigenvalue weighted by Crippen LogP contribution is -2.56. The van der Waals surface area contributed by atoms with E-state index in [4.69, 9.17) is 4.52 Å². The van der Waals surface area contributed by atoms with Crippen molar-refractivity contribution in [3.8, 4) is 0 Å². The molecule has 0 spiro atoms. The molecular formula is C16H23N5O2. The van der Waals surface area contributed by atoms with Gasteiger partial charge in [0.05, 0.1) is 17.8 Å². The van der Waals surface area contributed by atoms with E-state index in [0.29, 0.717) is 17.6 Å². The lowest BCUT2D eigenvalue weighted by atomic mass is 10.0. The summed E-state index contributed by atoms with van der Waals surface area (Å²) in [5, 5.41) is 11.2. The van der Waals surface area contributed by atoms with Gasteiger partial charge in [-0.25, -0.2) is 0 Å². The predicted molar refractivity (Wildman–Crippen MR) is 86.3 cm³/mol. The maximum Gasteiger partial charge on any atom is 0.242 e. The molecule has 1 unspecified atom stereocenters. The zero-order valence-electron chi connectivity index (χ0n) is 14.0. The molecule has 7 heteroatoms. The molecule has 23 heavy (non-hydrogen) atoms. The van der Waals surface area contributed by atoms with Crippen LogP contribution in [0.5, 0.6) is 0 Å². The van der Waals surface area contributed by atoms with Crippen LogP contribution in [0, 0.1) is 20.8 Å². The van der Waals surface area contributed by atoms with E-state index in [0.717, 1.165) is 25.2 Å². The highest BCUT2D eigenvalue weighted by molar-refractivity contribution is 5.94. The molecule has 7 nitrogen and oxygen atoms in total. The minimum Gasteiger partial charge on any atom is -0.360 e. The van der Waals surface area contributed by atoms with Crippen LogP contribution in [0.25, 0.3) is 0 Å². The number of rotatable bonds is 5. The van der Waals surface area contributed by atoms with Crippen LogP contribution < -0.4 is 5.32 Å². The number of carbonyl (C=O) groups is 1. The predicted octanol–water partition coefficient (Wildman–Crippen LogP) is 2.07. The van der Waals surface area contributed by atoms with E-state index in [-0.39, 0.29) is 11.9 Å². The average Bonchev–Trinajstić information content (AvgIpc) is 2.99. The van der Waals surface area contributed by atoms with Crippen LogP contribution in [0.3, 0.4) is 0 Å². The molecule has 1 amide bonds. The highest BCUT2D eigenvalue weighted by Crippen LogP contribution is 2.26. The fraction of sp³-hybridized carbons (Fsp3) is 0.562. The second kappa shape index (κ2) is 6.16. The van der Waals surface area contributed by atoms with Gasteiger partial charge in [-0.2, -0.15) is 5.10 Å². The Hall–Kier alpha value is -2.15. The molecule has 124 valence electrons. The first-order valence-corrected chi connectivity index (χ1v) is 7.99. The van der Waals surface area contributed by atoms with Crippen molar-refractivity contribution in [1.29, 1.82) is 0 Å². The third kappa shape index (κ3) is 3.14. The van der Waals surface area contributed by atoms with Crippen LogP contribution in [0.15, 0.2) is 16.7 Å². The van der Waals surface area contributed by atoms with Crippen molar-refractivity contribution in [2.75, 3.05) is 18.4 Å². The van der Waals surface area contributed by atoms with E-state index in [1.54, 1.807) is 13.0 Å². The van der Waals surface area contributed by atoms with Gasteiger partial charge in [0.1, 0.15) is 5.76 Å². The fourth-order valence-electron chi connectivity index (χ4n) is 3.16. The second-order valence-corrected chi connectivity index (χ2v) is 6.22. The molecule has 2 aromatic rings. The standard InChI is InChI=1S/C16H23N5O2/c1-5-14(16(22)17-15-7-12(4)23-19-15)20-8-13(9-20)21-11(3)6-10(2)18-21/h6-7,13-14H,5,8-9H2,1-4H3,(H,17,19,22). The molecule has 0 bridgehead atoms. The van der Waals surface area contributed by atoms with E-state index < -0.39 is 0 Å². The minimum atomic E-state index is -0.153. The first-order valence-electron chi connectivity index (χ1n) is 7.99. The van der Waals surface area contributed by atoms with Gasteiger partial charge in [0.25, 0.3) is 0 Å². The van der Waals surface area contributed by atoms with Crippen molar-refractivity contribution >= 4 is 11.7 Å². The molecular weight excluding hydrogens is 294 g/mol. The summed E-state index contributed by atoms with van der Waals surface area (Å²) < 4.78 is 7.05. The molecule has 2 aromatic heterocycles. The molecule has 3 rings (SSSR count). The Balaban J connectivity index is 1.60. The first kappa shape index (κ1) is 15.7. The lowest BCUT2D eigenvalue weighted by Gasteiger charge is -2.43. The highest BCUT2D eigenvalue weighted by Gasteiger charge is 2.37. The smallest absolute Gasteiger partial charge is 0.242 e. The Labute approximate surface area is 135 Å². The number of anilines is 1. The van der Waals surface area contributed by atoms with Crippen molar-refractivity contribution in [2.45, 2.75) is 46.2 Å². The number of aromatic nitrogens is 3. The summed E-state index contributed by atoms with van der Waals surface area (Å²) in [6.45, 7) is 9.57. The highest BCUT2D eigenvalue weighted by atomic mass is 16.5. The van der Waals surface area contributed by atoms with Crippen LogP contribution in [0.4, 0.5) is 5.82 Å². The van der Waals surface area contributed by atoms with Crippen LogP contribution >= 0.6 is 0 Å². The van der Waals surface area contributed by atoms with Crippen LogP contribution in [0.2, 0.25) is 0 Å². The Morgan fingerprint density at radius 2 is 2.13 bits per heavy atom. The van der Waals surface area contributed by atoms with Gasteiger partial charge in [0, 0.05) is 24.8 Å². The monoisotopic (exact) mass is 317 g/mol. The SMILES string of the molecule is CCC(C(=O)Nc1cc(C)on1)N1CC(n2nc(C)cc2C)C1. The molecule has 1 atom stereocenters. The van der Waals surface area contributed by atoms with Crippen molar-refractivity contribution in [3.05, 3.63) is 29.3 Å². The summed E-state index contributed by atoms with van der Waals surface area (Å²) in [5.74, 6) is 1.12. The van der Waals surface area contributed by atoms with Gasteiger partial charge < -0.3 is 9.84 Å². The van der Waals surface area contributed by atoms with E-state index in [1.165, 1.54) is 5.69 Å². The first-order chi connectivity index (χ1) is 11.0. The van der Waals surface area contributed by atoms with Gasteiger partial charge in [-0.1, -0.05) is 12.1 Å². The van der Waals surface area contributed by atoms with Gasteiger partial charge in [-0.15, -0.1) is 0 Å². The number of nitrogens with one attached hydrogen (secondary N) is 1. The summed E-state index contributed by atoms with van der Waals surface area (Å²) in [6.07, 6.45) is 0.756. The van der Waals surface area contributed by atoms with E-state index in [2.05, 4.69) is 38.1 Å². The lowest BCUT2D eigenvalue weighted by molar-refractivity contribution is -0.124. The fourth-order valence-corrected chi connectivity index (χ4v) is 3.16. The number of hydrogen-bond donors (Lipinski definition) is 1. The van der Waals surface area contributed by atoms with Gasteiger partial charge >= 0.3 is 0 Å². The summed E-state index contributed by atoms with van der Waals surface area (Å²) in [7, 11) is 0. The maximum atomic E-state index is 12.4. The van der Waals surface area contributed by atoms with Gasteiger partial charge in [-0.05, 0) is 33.3 Å². The number of carbonyl (C=O) groups excluding carboxylic acids is 1. The Kier molecular flexibility index (Phi) is 4.21. The quantitative estimate of drug-likeness (QED) is 0.913. The molecule has 0 aromatic carbocycles. The average molecular weight is 317 g/mol. The van der Waals surface area contributed by atoms with Crippen molar-refractivity contribution in [1.82, 2.24) is 19.8 Å². The van der Waals surface area contributed by atoms with Crippen LogP contribution in [-0.4, -0.2) is 44.9 Å². The van der Waals surface area contributed by atoms with Gasteiger partial charge in [0.2, 0.25) is 5.91 Å². The molecule has 1 aliphatic rings. The number of likely N-dealkylation sites (tertiary alicyclic amines) is 1. The largest absolute Gasteiger partial charge is 0.360 e. The van der Waals surface area contributed by atoms with Gasteiger partial charge in [0.15, 0.2) is 5.82 Å². The van der Waals surface area contributed by atoms with Crippen LogP contribution in [0.1, 0.15) is 36.5 Å². The zero-order chi connectivity index (χ0) is 16.6. The third-order valence-corrected chi connectivity index (χ3v) is 4.29. The zero-order valence-corrected chi connectivity index (χ0v) is 14.0. The molecule has 1 fully saturated rings. The van der Waals surface area contributed by atoms with Crippen LogP contribution in [-0.2, 0) is 4.79 Å². The number of aryl methyl sites for hydroxylation is 3. The van der Waals surface area contributed by atoms with Crippen molar-refractivity contribution in [2.24, 2.45) is 0 Å². The molecule has 0 radical (unpaired) electrons. The molecule has 1 aliphatic heterocycles. The van der Waals surface area contributed by atoms with Crippen molar-refractivity contribution < 1.29 is 9.32 Å². The summed E-state index contributed by atoms with van der Waals surface area (Å²) in [6, 6.07) is 4.00. The number of nitrogens with zero attached hydrogens (tertiary/aromatic N) is 4. The van der Waals surface area contributed by atoms with E-state index in [9.17, 15) is 4.79 Å². The van der Waals surface area contributed by atoms with E-state index in [1.807, 2.05) is 13.8 Å². The third-order valence-electron chi connectivity index (χ3n) is 4.29. The van der Waals surface area contributed by atoms with E-state index >= 15 is 0 Å². The topological polar surface area (TPSA) is 76.2 Å². The maximum absolute atomic E-state index is 12.4.